The smallest absolute Gasteiger partial charge is 0.0639 e. The molecule has 0 bridgehead atoms. The molecule has 0 heterocycles. The van der Waals surface area contributed by atoms with Crippen LogP contribution in [0.3, 0.4) is 0 Å². The molecule has 1 aromatic carbocycles. The highest BCUT2D eigenvalue weighted by Crippen LogP contribution is 2.32. The van der Waals surface area contributed by atoms with E-state index in [4.69, 9.17) is 5.73 Å². The maximum absolute atomic E-state index is 5.61. The number of benzene rings is 1. The Morgan fingerprint density at radius 2 is 1.76 bits per heavy atom. The Kier molecular flexibility index (Phi) is 4.23. The van der Waals surface area contributed by atoms with Crippen LogP contribution < -0.4 is 5.73 Å². The largest absolute Gasteiger partial charge is 0.318 e. The Hall–Kier alpha value is -1.26. The molecule has 1 unspecified atom stereocenters. The third kappa shape index (κ3) is 3.61. The van der Waals surface area contributed by atoms with Gasteiger partial charge in [-0.05, 0) is 43.4 Å². The second-order valence-electron chi connectivity index (χ2n) is 5.01. The number of hydrogen-bond acceptors (Lipinski definition) is 1. The second-order valence-corrected chi connectivity index (χ2v) is 5.01. The molecule has 1 aliphatic rings. The van der Waals surface area contributed by atoms with Crippen molar-refractivity contribution in [1.82, 2.24) is 0 Å². The number of nitrogens with two attached hydrogens (primary N) is 1. The molecule has 0 aliphatic heterocycles. The van der Waals surface area contributed by atoms with E-state index in [1.54, 1.807) is 0 Å². The SMILES string of the molecule is CC(N)C#Cc1ccc(C2CCCCC2)cc1. The first-order chi connectivity index (χ1) is 8.25. The highest BCUT2D eigenvalue weighted by Gasteiger charge is 2.14. The molecule has 0 aromatic heterocycles. The Morgan fingerprint density at radius 1 is 1.12 bits per heavy atom. The van der Waals surface area contributed by atoms with E-state index in [1.807, 2.05) is 6.92 Å². The van der Waals surface area contributed by atoms with Crippen LogP contribution in [0.1, 0.15) is 56.1 Å². The van der Waals surface area contributed by atoms with Crippen molar-refractivity contribution in [3.63, 3.8) is 0 Å². The van der Waals surface area contributed by atoms with Gasteiger partial charge in [0, 0.05) is 5.56 Å². The lowest BCUT2D eigenvalue weighted by atomic mass is 9.84. The second kappa shape index (κ2) is 5.89. The summed E-state index contributed by atoms with van der Waals surface area (Å²) in [5, 5.41) is 0. The summed E-state index contributed by atoms with van der Waals surface area (Å²) < 4.78 is 0. The topological polar surface area (TPSA) is 26.0 Å². The van der Waals surface area contributed by atoms with Crippen LogP contribution in [0.4, 0.5) is 0 Å². The Morgan fingerprint density at radius 3 is 2.35 bits per heavy atom. The fourth-order valence-corrected chi connectivity index (χ4v) is 2.47. The molecular weight excluding hydrogens is 206 g/mol. The lowest BCUT2D eigenvalue weighted by Crippen LogP contribution is -2.10. The van der Waals surface area contributed by atoms with Gasteiger partial charge in [-0.25, -0.2) is 0 Å². The minimum Gasteiger partial charge on any atom is -0.318 e. The first-order valence-corrected chi connectivity index (χ1v) is 6.63. The summed E-state index contributed by atoms with van der Waals surface area (Å²) >= 11 is 0. The van der Waals surface area contributed by atoms with Gasteiger partial charge in [-0.1, -0.05) is 43.2 Å². The quantitative estimate of drug-likeness (QED) is 0.731. The molecule has 2 N–H and O–H groups in total. The summed E-state index contributed by atoms with van der Waals surface area (Å²) in [6.45, 7) is 1.91. The van der Waals surface area contributed by atoms with E-state index in [0.717, 1.165) is 11.5 Å². The van der Waals surface area contributed by atoms with Crippen molar-refractivity contribution in [2.24, 2.45) is 5.73 Å². The number of rotatable bonds is 1. The van der Waals surface area contributed by atoms with Crippen molar-refractivity contribution in [3.05, 3.63) is 35.4 Å². The molecule has 0 spiro atoms. The summed E-state index contributed by atoms with van der Waals surface area (Å²) in [5.74, 6) is 6.86. The van der Waals surface area contributed by atoms with Crippen LogP contribution in [0.15, 0.2) is 24.3 Å². The van der Waals surface area contributed by atoms with Gasteiger partial charge in [-0.2, -0.15) is 0 Å². The van der Waals surface area contributed by atoms with Crippen LogP contribution in [0.5, 0.6) is 0 Å². The summed E-state index contributed by atoms with van der Waals surface area (Å²) in [5.41, 5.74) is 8.17. The standard InChI is InChI=1S/C16H21N/c1-13(17)7-8-14-9-11-16(12-10-14)15-5-3-2-4-6-15/h9-13,15H,2-6,17H2,1H3. The van der Waals surface area contributed by atoms with Gasteiger partial charge in [-0.3, -0.25) is 0 Å². The van der Waals surface area contributed by atoms with Gasteiger partial charge in [0.25, 0.3) is 0 Å². The Balaban J connectivity index is 2.05. The van der Waals surface area contributed by atoms with E-state index in [1.165, 1.54) is 37.7 Å². The van der Waals surface area contributed by atoms with Gasteiger partial charge in [0.1, 0.15) is 0 Å². The van der Waals surface area contributed by atoms with Crippen LogP contribution in [0, 0.1) is 11.8 Å². The number of hydrogen-bond donors (Lipinski definition) is 1. The van der Waals surface area contributed by atoms with Gasteiger partial charge in [0.15, 0.2) is 0 Å². The molecule has 1 aromatic rings. The lowest BCUT2D eigenvalue weighted by Gasteiger charge is -2.21. The van der Waals surface area contributed by atoms with Crippen molar-refractivity contribution >= 4 is 0 Å². The molecule has 90 valence electrons. The first-order valence-electron chi connectivity index (χ1n) is 6.63. The average Bonchev–Trinajstić information content (AvgIpc) is 2.38. The Labute approximate surface area is 104 Å². The monoisotopic (exact) mass is 227 g/mol. The third-order valence-electron chi connectivity index (χ3n) is 3.43. The van der Waals surface area contributed by atoms with E-state index in [0.29, 0.717) is 0 Å². The molecule has 17 heavy (non-hydrogen) atoms. The molecule has 0 saturated heterocycles. The van der Waals surface area contributed by atoms with E-state index in [9.17, 15) is 0 Å². The van der Waals surface area contributed by atoms with Crippen molar-refractivity contribution in [2.45, 2.75) is 51.0 Å². The van der Waals surface area contributed by atoms with Crippen LogP contribution >= 0.6 is 0 Å². The van der Waals surface area contributed by atoms with Crippen LogP contribution in [0.25, 0.3) is 0 Å². The minimum absolute atomic E-state index is 0.0481. The summed E-state index contributed by atoms with van der Waals surface area (Å²) in [4.78, 5) is 0. The molecule has 1 heteroatoms. The van der Waals surface area contributed by atoms with Gasteiger partial charge in [0.05, 0.1) is 6.04 Å². The molecular formula is C16H21N. The van der Waals surface area contributed by atoms with E-state index < -0.39 is 0 Å². The maximum atomic E-state index is 5.61. The van der Waals surface area contributed by atoms with Crippen LogP contribution in [-0.2, 0) is 0 Å². The molecule has 1 saturated carbocycles. The molecule has 2 rings (SSSR count). The fourth-order valence-electron chi connectivity index (χ4n) is 2.47. The van der Waals surface area contributed by atoms with Gasteiger partial charge in [-0.15, -0.1) is 0 Å². The fraction of sp³-hybridized carbons (Fsp3) is 0.500. The summed E-state index contributed by atoms with van der Waals surface area (Å²) in [6.07, 6.45) is 6.89. The predicted molar refractivity (Wildman–Crippen MR) is 72.8 cm³/mol. The zero-order valence-corrected chi connectivity index (χ0v) is 10.6. The lowest BCUT2D eigenvalue weighted by molar-refractivity contribution is 0.443. The van der Waals surface area contributed by atoms with Crippen LogP contribution in [-0.4, -0.2) is 6.04 Å². The normalized spacial score (nSPS) is 18.2. The van der Waals surface area contributed by atoms with Crippen molar-refractivity contribution < 1.29 is 0 Å². The third-order valence-corrected chi connectivity index (χ3v) is 3.43. The summed E-state index contributed by atoms with van der Waals surface area (Å²) in [6, 6.07) is 8.68. The molecule has 1 aliphatic carbocycles. The molecule has 1 nitrogen and oxygen atoms in total. The van der Waals surface area contributed by atoms with Crippen molar-refractivity contribution in [3.8, 4) is 11.8 Å². The van der Waals surface area contributed by atoms with E-state index in [-0.39, 0.29) is 6.04 Å². The van der Waals surface area contributed by atoms with Crippen molar-refractivity contribution in [2.75, 3.05) is 0 Å². The first kappa shape index (κ1) is 12.2. The van der Waals surface area contributed by atoms with Gasteiger partial charge < -0.3 is 5.73 Å². The molecule has 1 atom stereocenters. The maximum Gasteiger partial charge on any atom is 0.0639 e. The Bertz CT molecular complexity index is 399. The highest BCUT2D eigenvalue weighted by atomic mass is 14.6. The summed E-state index contributed by atoms with van der Waals surface area (Å²) in [7, 11) is 0. The zero-order chi connectivity index (χ0) is 12.1. The zero-order valence-electron chi connectivity index (χ0n) is 10.6. The van der Waals surface area contributed by atoms with Gasteiger partial charge in [0.2, 0.25) is 0 Å². The average molecular weight is 227 g/mol. The predicted octanol–water partition coefficient (Wildman–Crippen LogP) is 3.43. The molecule has 0 radical (unpaired) electrons. The molecule has 1 fully saturated rings. The van der Waals surface area contributed by atoms with Crippen LogP contribution in [0.2, 0.25) is 0 Å². The highest BCUT2D eigenvalue weighted by molar-refractivity contribution is 5.37. The van der Waals surface area contributed by atoms with E-state index >= 15 is 0 Å². The minimum atomic E-state index is -0.0481. The van der Waals surface area contributed by atoms with Crippen molar-refractivity contribution in [1.29, 1.82) is 0 Å². The molecule has 0 amide bonds. The van der Waals surface area contributed by atoms with E-state index in [2.05, 4.69) is 36.1 Å². The van der Waals surface area contributed by atoms with Gasteiger partial charge >= 0.3 is 0 Å².